The molecule has 0 aliphatic heterocycles. The van der Waals surface area contributed by atoms with Gasteiger partial charge >= 0.3 is 0 Å². The van der Waals surface area contributed by atoms with Gasteiger partial charge < -0.3 is 5.32 Å². The molecule has 1 atom stereocenters. The Morgan fingerprint density at radius 2 is 1.95 bits per heavy atom. The predicted molar refractivity (Wildman–Crippen MR) is 88.5 cm³/mol. The van der Waals surface area contributed by atoms with Crippen molar-refractivity contribution in [3.05, 3.63) is 53.9 Å². The highest BCUT2D eigenvalue weighted by atomic mass is 15.2. The first-order valence-corrected chi connectivity index (χ1v) is 7.80. The summed E-state index contributed by atoms with van der Waals surface area (Å²) in [5, 5.41) is 8.02. The van der Waals surface area contributed by atoms with E-state index in [0.29, 0.717) is 6.04 Å². The van der Waals surface area contributed by atoms with Gasteiger partial charge in [0.05, 0.1) is 6.20 Å². The summed E-state index contributed by atoms with van der Waals surface area (Å²) in [7, 11) is 1.97. The molecule has 0 bridgehead atoms. The van der Waals surface area contributed by atoms with Crippen LogP contribution in [0.3, 0.4) is 0 Å². The molecule has 2 aromatic rings. The Labute approximate surface area is 128 Å². The molecule has 0 spiro atoms. The summed E-state index contributed by atoms with van der Waals surface area (Å²) >= 11 is 0. The van der Waals surface area contributed by atoms with E-state index in [-0.39, 0.29) is 5.41 Å². The quantitative estimate of drug-likeness (QED) is 0.846. The van der Waals surface area contributed by atoms with Crippen molar-refractivity contribution in [2.75, 3.05) is 6.54 Å². The van der Waals surface area contributed by atoms with Crippen LogP contribution in [0.25, 0.3) is 0 Å². The van der Waals surface area contributed by atoms with Gasteiger partial charge in [0.1, 0.15) is 0 Å². The van der Waals surface area contributed by atoms with Crippen molar-refractivity contribution in [3.63, 3.8) is 0 Å². The van der Waals surface area contributed by atoms with Crippen LogP contribution >= 0.6 is 0 Å². The third-order valence-corrected chi connectivity index (χ3v) is 4.23. The lowest BCUT2D eigenvalue weighted by Crippen LogP contribution is -2.46. The van der Waals surface area contributed by atoms with Crippen LogP contribution in [0, 0.1) is 0 Å². The lowest BCUT2D eigenvalue weighted by atomic mass is 9.75. The third kappa shape index (κ3) is 3.94. The number of aromatic nitrogens is 2. The minimum Gasteiger partial charge on any atom is -0.313 e. The van der Waals surface area contributed by atoms with E-state index in [1.807, 2.05) is 17.9 Å². The van der Waals surface area contributed by atoms with E-state index >= 15 is 0 Å². The molecule has 1 heterocycles. The number of aryl methyl sites for hydroxylation is 1. The summed E-state index contributed by atoms with van der Waals surface area (Å²) in [5.41, 5.74) is 2.74. The monoisotopic (exact) mass is 285 g/mol. The first-order chi connectivity index (χ1) is 10.0. The van der Waals surface area contributed by atoms with Gasteiger partial charge in [0.25, 0.3) is 0 Å². The molecule has 114 valence electrons. The zero-order valence-corrected chi connectivity index (χ0v) is 13.6. The number of nitrogens with zero attached hydrogens (tertiary/aromatic N) is 2. The highest BCUT2D eigenvalue weighted by Crippen LogP contribution is 2.29. The van der Waals surface area contributed by atoms with Crippen molar-refractivity contribution < 1.29 is 0 Å². The second kappa shape index (κ2) is 6.90. The van der Waals surface area contributed by atoms with E-state index in [1.165, 1.54) is 11.1 Å². The Bertz CT molecular complexity index is 543. The Morgan fingerprint density at radius 1 is 1.24 bits per heavy atom. The largest absolute Gasteiger partial charge is 0.313 e. The standard InChI is InChI=1S/C18H27N3/c1-5-11-19-17(12-15-13-20-21(4)14-15)18(2,3)16-9-7-6-8-10-16/h6-10,13-14,17,19H,5,11-12H2,1-4H3. The van der Waals surface area contributed by atoms with E-state index < -0.39 is 0 Å². The molecule has 0 aliphatic carbocycles. The SMILES string of the molecule is CCCNC(Cc1cnn(C)c1)C(C)(C)c1ccccc1. The summed E-state index contributed by atoms with van der Waals surface area (Å²) in [6.07, 6.45) is 6.23. The van der Waals surface area contributed by atoms with Gasteiger partial charge in [-0.1, -0.05) is 51.1 Å². The van der Waals surface area contributed by atoms with Crippen LogP contribution in [-0.4, -0.2) is 22.4 Å². The summed E-state index contributed by atoms with van der Waals surface area (Å²) in [6.45, 7) is 7.91. The van der Waals surface area contributed by atoms with Gasteiger partial charge in [-0.15, -0.1) is 0 Å². The fourth-order valence-electron chi connectivity index (χ4n) is 2.78. The molecule has 1 aromatic carbocycles. The molecule has 0 amide bonds. The van der Waals surface area contributed by atoms with Gasteiger partial charge in [0.15, 0.2) is 0 Å². The molecule has 0 aliphatic rings. The number of benzene rings is 1. The van der Waals surface area contributed by atoms with Crippen molar-refractivity contribution in [1.82, 2.24) is 15.1 Å². The molecule has 2 rings (SSSR count). The third-order valence-electron chi connectivity index (χ3n) is 4.23. The maximum absolute atomic E-state index is 4.29. The van der Waals surface area contributed by atoms with Crippen LogP contribution < -0.4 is 5.32 Å². The normalized spacial score (nSPS) is 13.3. The smallest absolute Gasteiger partial charge is 0.0522 e. The summed E-state index contributed by atoms with van der Waals surface area (Å²) in [5.74, 6) is 0. The van der Waals surface area contributed by atoms with Crippen molar-refractivity contribution in [3.8, 4) is 0 Å². The second-order valence-electron chi connectivity index (χ2n) is 6.32. The first kappa shape index (κ1) is 15.8. The fourth-order valence-corrected chi connectivity index (χ4v) is 2.78. The Kier molecular flexibility index (Phi) is 5.18. The van der Waals surface area contributed by atoms with E-state index in [0.717, 1.165) is 19.4 Å². The van der Waals surface area contributed by atoms with Crippen molar-refractivity contribution in [2.45, 2.75) is 45.1 Å². The molecule has 1 aromatic heterocycles. The average molecular weight is 285 g/mol. The zero-order valence-electron chi connectivity index (χ0n) is 13.6. The van der Waals surface area contributed by atoms with Crippen molar-refractivity contribution >= 4 is 0 Å². The summed E-state index contributed by atoms with van der Waals surface area (Å²) in [6, 6.07) is 11.2. The van der Waals surface area contributed by atoms with Crippen LogP contribution in [0.5, 0.6) is 0 Å². The molecular formula is C18H27N3. The molecular weight excluding hydrogens is 258 g/mol. The van der Waals surface area contributed by atoms with E-state index in [2.05, 4.69) is 67.7 Å². The van der Waals surface area contributed by atoms with E-state index in [9.17, 15) is 0 Å². The van der Waals surface area contributed by atoms with E-state index in [1.54, 1.807) is 0 Å². The minimum atomic E-state index is 0.0757. The van der Waals surface area contributed by atoms with Gasteiger partial charge in [-0.2, -0.15) is 5.10 Å². The molecule has 0 radical (unpaired) electrons. The van der Waals surface area contributed by atoms with E-state index in [4.69, 9.17) is 0 Å². The van der Waals surface area contributed by atoms with Gasteiger partial charge in [0.2, 0.25) is 0 Å². The fraction of sp³-hybridized carbons (Fsp3) is 0.500. The van der Waals surface area contributed by atoms with Gasteiger partial charge in [-0.25, -0.2) is 0 Å². The maximum atomic E-state index is 4.29. The topological polar surface area (TPSA) is 29.9 Å². The second-order valence-corrected chi connectivity index (χ2v) is 6.32. The summed E-state index contributed by atoms with van der Waals surface area (Å²) in [4.78, 5) is 0. The van der Waals surface area contributed by atoms with Crippen molar-refractivity contribution in [2.24, 2.45) is 7.05 Å². The molecule has 3 nitrogen and oxygen atoms in total. The predicted octanol–water partition coefficient (Wildman–Crippen LogP) is 3.31. The van der Waals surface area contributed by atoms with Crippen LogP contribution in [0.2, 0.25) is 0 Å². The Balaban J connectivity index is 2.21. The van der Waals surface area contributed by atoms with Gasteiger partial charge in [-0.05, 0) is 30.5 Å². The number of rotatable bonds is 7. The average Bonchev–Trinajstić information content (AvgIpc) is 2.89. The number of hydrogen-bond donors (Lipinski definition) is 1. The van der Waals surface area contributed by atoms with Crippen LogP contribution in [0.4, 0.5) is 0 Å². The molecule has 1 N–H and O–H groups in total. The summed E-state index contributed by atoms with van der Waals surface area (Å²) < 4.78 is 1.88. The maximum Gasteiger partial charge on any atom is 0.0522 e. The lowest BCUT2D eigenvalue weighted by molar-refractivity contribution is 0.337. The molecule has 0 saturated heterocycles. The number of nitrogens with one attached hydrogen (secondary N) is 1. The number of hydrogen-bond acceptors (Lipinski definition) is 2. The Hall–Kier alpha value is -1.61. The van der Waals surface area contributed by atoms with Crippen LogP contribution in [-0.2, 0) is 18.9 Å². The highest BCUT2D eigenvalue weighted by Gasteiger charge is 2.31. The van der Waals surface area contributed by atoms with Crippen LogP contribution in [0.15, 0.2) is 42.7 Å². The zero-order chi connectivity index (χ0) is 15.3. The minimum absolute atomic E-state index is 0.0757. The Morgan fingerprint density at radius 3 is 2.52 bits per heavy atom. The van der Waals surface area contributed by atoms with Crippen LogP contribution in [0.1, 0.15) is 38.3 Å². The molecule has 0 fully saturated rings. The highest BCUT2D eigenvalue weighted by molar-refractivity contribution is 5.27. The molecule has 21 heavy (non-hydrogen) atoms. The lowest BCUT2D eigenvalue weighted by Gasteiger charge is -2.36. The molecule has 1 unspecified atom stereocenters. The van der Waals surface area contributed by atoms with Crippen molar-refractivity contribution in [1.29, 1.82) is 0 Å². The van der Waals surface area contributed by atoms with Gasteiger partial charge in [-0.3, -0.25) is 4.68 Å². The molecule has 3 heteroatoms. The van der Waals surface area contributed by atoms with Gasteiger partial charge in [0, 0.05) is 24.7 Å². The molecule has 0 saturated carbocycles. The first-order valence-electron chi connectivity index (χ1n) is 7.80.